The van der Waals surface area contributed by atoms with Crippen molar-refractivity contribution in [1.82, 2.24) is 0 Å². The van der Waals surface area contributed by atoms with Gasteiger partial charge in [0.25, 0.3) is 5.91 Å². The highest BCUT2D eigenvalue weighted by molar-refractivity contribution is 6.07. The van der Waals surface area contributed by atoms with Crippen molar-refractivity contribution in [3.05, 3.63) is 40.9 Å². The van der Waals surface area contributed by atoms with Crippen molar-refractivity contribution in [2.75, 3.05) is 31.7 Å². The first-order valence-electron chi connectivity index (χ1n) is 9.57. The molecule has 2 rings (SSSR count). The van der Waals surface area contributed by atoms with E-state index < -0.39 is 5.91 Å². The number of carbonyl (C=O) groups excluding carboxylic acids is 1. The highest BCUT2D eigenvalue weighted by Crippen LogP contribution is 2.39. The van der Waals surface area contributed by atoms with Gasteiger partial charge in [0.2, 0.25) is 11.1 Å². The van der Waals surface area contributed by atoms with Gasteiger partial charge in [-0.15, -0.1) is 0 Å². The van der Waals surface area contributed by atoms with E-state index in [9.17, 15) is 10.2 Å². The average molecular weight is 436 g/mol. The summed E-state index contributed by atoms with van der Waals surface area (Å²) in [6.45, 7) is 8.97. The molecule has 0 saturated carbocycles. The Balaban J connectivity index is 0.00000450. The molecule has 2 aromatic carbocycles. The van der Waals surface area contributed by atoms with Crippen LogP contribution in [-0.2, 0) is 0 Å². The SMILES string of the molecule is CCOc1ccc(OCC)c(C(=O)Nc2cc(OCC)c([N+]#N)cc2OCC)c1.[Cl-]. The molecule has 0 spiro atoms. The zero-order valence-corrected chi connectivity index (χ0v) is 18.3. The molecule has 0 bridgehead atoms. The molecule has 30 heavy (non-hydrogen) atoms. The van der Waals surface area contributed by atoms with Crippen LogP contribution in [0.15, 0.2) is 30.3 Å². The zero-order valence-electron chi connectivity index (χ0n) is 17.5. The molecule has 0 aliphatic rings. The van der Waals surface area contributed by atoms with Gasteiger partial charge in [-0.2, -0.15) is 0 Å². The second-order valence-corrected chi connectivity index (χ2v) is 5.76. The first-order valence-corrected chi connectivity index (χ1v) is 9.57. The number of benzene rings is 2. The summed E-state index contributed by atoms with van der Waals surface area (Å²) in [4.78, 5) is 16.3. The van der Waals surface area contributed by atoms with Gasteiger partial charge in [-0.3, -0.25) is 4.79 Å². The fourth-order valence-electron chi connectivity index (χ4n) is 2.69. The smallest absolute Gasteiger partial charge is 0.430 e. The number of anilines is 1. The molecule has 0 atom stereocenters. The van der Waals surface area contributed by atoms with Crippen LogP contribution in [0.25, 0.3) is 4.98 Å². The Kier molecular flexibility index (Phi) is 10.3. The lowest BCUT2D eigenvalue weighted by Crippen LogP contribution is -3.00. The quantitative estimate of drug-likeness (QED) is 0.574. The molecule has 8 nitrogen and oxygen atoms in total. The van der Waals surface area contributed by atoms with Gasteiger partial charge in [-0.25, -0.2) is 0 Å². The number of halogens is 1. The lowest BCUT2D eigenvalue weighted by atomic mass is 10.1. The van der Waals surface area contributed by atoms with Gasteiger partial charge in [-0.1, -0.05) is 0 Å². The molecular formula is C21H26ClN3O5. The third-order valence-corrected chi connectivity index (χ3v) is 3.82. The predicted octanol–water partition coefficient (Wildman–Crippen LogP) is 2.02. The van der Waals surface area contributed by atoms with Crippen LogP contribution >= 0.6 is 0 Å². The minimum absolute atomic E-state index is 0. The fourth-order valence-corrected chi connectivity index (χ4v) is 2.69. The molecule has 0 heterocycles. The maximum absolute atomic E-state index is 13.0. The molecular weight excluding hydrogens is 410 g/mol. The molecule has 1 amide bonds. The van der Waals surface area contributed by atoms with Crippen molar-refractivity contribution in [2.24, 2.45) is 0 Å². The van der Waals surface area contributed by atoms with Gasteiger partial charge in [0.05, 0.1) is 43.7 Å². The summed E-state index contributed by atoms with van der Waals surface area (Å²) in [5, 5.41) is 12.1. The summed E-state index contributed by atoms with van der Waals surface area (Å²) < 4.78 is 22.2. The Morgan fingerprint density at radius 2 is 1.47 bits per heavy atom. The van der Waals surface area contributed by atoms with E-state index in [1.165, 1.54) is 6.07 Å². The number of nitrogens with one attached hydrogen (secondary N) is 1. The van der Waals surface area contributed by atoms with E-state index in [4.69, 9.17) is 18.9 Å². The fraction of sp³-hybridized carbons (Fsp3) is 0.381. The topological polar surface area (TPSA) is 94.2 Å². The zero-order chi connectivity index (χ0) is 21.2. The molecule has 2 aromatic rings. The minimum atomic E-state index is -0.396. The number of hydrogen-bond acceptors (Lipinski definition) is 6. The van der Waals surface area contributed by atoms with E-state index in [0.29, 0.717) is 60.7 Å². The van der Waals surface area contributed by atoms with Crippen LogP contribution in [0.4, 0.5) is 11.4 Å². The van der Waals surface area contributed by atoms with Crippen molar-refractivity contribution in [1.29, 1.82) is 5.39 Å². The molecule has 0 aromatic heterocycles. The molecule has 1 N–H and O–H groups in total. The monoisotopic (exact) mass is 435 g/mol. The molecule has 0 aliphatic heterocycles. The van der Waals surface area contributed by atoms with Gasteiger partial charge in [0, 0.05) is 6.07 Å². The van der Waals surface area contributed by atoms with Crippen molar-refractivity contribution in [3.8, 4) is 23.0 Å². The van der Waals surface area contributed by atoms with Gasteiger partial charge < -0.3 is 36.7 Å². The molecule has 9 heteroatoms. The Bertz CT molecular complexity index is 899. The lowest BCUT2D eigenvalue weighted by molar-refractivity contribution is -0.0000161. The van der Waals surface area contributed by atoms with Crippen molar-refractivity contribution in [3.63, 3.8) is 0 Å². The number of amides is 1. The van der Waals surface area contributed by atoms with E-state index in [0.717, 1.165) is 0 Å². The second-order valence-electron chi connectivity index (χ2n) is 5.76. The van der Waals surface area contributed by atoms with Crippen LogP contribution < -0.4 is 36.7 Å². The van der Waals surface area contributed by atoms with Crippen molar-refractivity contribution < 1.29 is 36.1 Å². The second kappa shape index (κ2) is 12.4. The number of ether oxygens (including phenoxy) is 4. The predicted molar refractivity (Wildman–Crippen MR) is 110 cm³/mol. The normalized spacial score (nSPS) is 9.70. The van der Waals surface area contributed by atoms with Crippen LogP contribution in [0.3, 0.4) is 0 Å². The Morgan fingerprint density at radius 3 is 2.07 bits per heavy atom. The average Bonchev–Trinajstić information content (AvgIpc) is 2.71. The summed E-state index contributed by atoms with van der Waals surface area (Å²) in [6.07, 6.45) is 0. The van der Waals surface area contributed by atoms with Crippen LogP contribution in [-0.4, -0.2) is 32.3 Å². The van der Waals surface area contributed by atoms with Crippen LogP contribution in [0.1, 0.15) is 38.1 Å². The summed E-state index contributed by atoms with van der Waals surface area (Å²) in [7, 11) is 0. The molecule has 0 fully saturated rings. The third-order valence-electron chi connectivity index (χ3n) is 3.82. The number of rotatable bonds is 10. The van der Waals surface area contributed by atoms with Crippen LogP contribution in [0.2, 0.25) is 0 Å². The number of hydrogen-bond donors (Lipinski definition) is 1. The van der Waals surface area contributed by atoms with Crippen molar-refractivity contribution in [2.45, 2.75) is 27.7 Å². The molecule has 0 radical (unpaired) electrons. The Morgan fingerprint density at radius 1 is 0.867 bits per heavy atom. The number of diazo groups is 1. The standard InChI is InChI=1S/C21H25N3O5.ClH/c1-5-26-14-9-10-18(27-6-2)15(11-14)21(25)23-16-12-20(29-8-4)17(24-22)13-19(16)28-7-3;/h9-13H,5-8H2,1-4H3;1H. The van der Waals surface area contributed by atoms with E-state index >= 15 is 0 Å². The Hall–Kier alpha value is -3.18. The summed E-state index contributed by atoms with van der Waals surface area (Å²) in [5.74, 6) is 1.29. The number of carbonyl (C=O) groups is 1. The Labute approximate surface area is 182 Å². The third kappa shape index (κ3) is 6.16. The van der Waals surface area contributed by atoms with Crippen molar-refractivity contribution >= 4 is 17.3 Å². The number of nitrogens with zero attached hydrogens (tertiary/aromatic N) is 2. The first-order chi connectivity index (χ1) is 14.1. The van der Waals surface area contributed by atoms with E-state index in [1.807, 2.05) is 27.7 Å². The van der Waals surface area contributed by atoms with Gasteiger partial charge >= 0.3 is 5.69 Å². The largest absolute Gasteiger partial charge is 1.00 e. The van der Waals surface area contributed by atoms with E-state index in [-0.39, 0.29) is 18.1 Å². The molecule has 0 saturated heterocycles. The molecule has 0 aliphatic carbocycles. The highest BCUT2D eigenvalue weighted by atomic mass is 35.5. The van der Waals surface area contributed by atoms with Gasteiger partial charge in [0.15, 0.2) is 10.7 Å². The maximum Gasteiger partial charge on any atom is 0.430 e. The maximum atomic E-state index is 13.0. The van der Waals surface area contributed by atoms with Crippen LogP contribution in [0.5, 0.6) is 23.0 Å². The van der Waals surface area contributed by atoms with E-state index in [2.05, 4.69) is 10.3 Å². The van der Waals surface area contributed by atoms with Gasteiger partial charge in [-0.05, 0) is 45.9 Å². The van der Waals surface area contributed by atoms with Crippen LogP contribution in [0, 0.1) is 5.39 Å². The lowest BCUT2D eigenvalue weighted by Gasteiger charge is -2.15. The molecule has 0 unspecified atom stereocenters. The summed E-state index contributed by atoms with van der Waals surface area (Å²) in [5.41, 5.74) is 0.924. The minimum Gasteiger partial charge on any atom is -1.00 e. The first kappa shape index (κ1) is 24.9. The van der Waals surface area contributed by atoms with Gasteiger partial charge in [0.1, 0.15) is 11.5 Å². The molecule has 162 valence electrons. The highest BCUT2D eigenvalue weighted by Gasteiger charge is 2.23. The summed E-state index contributed by atoms with van der Waals surface area (Å²) >= 11 is 0. The summed E-state index contributed by atoms with van der Waals surface area (Å²) in [6, 6.07) is 8.15. The van der Waals surface area contributed by atoms with E-state index in [1.54, 1.807) is 24.3 Å².